The molecule has 1 saturated heterocycles. The van der Waals surface area contributed by atoms with Crippen LogP contribution in [0.5, 0.6) is 0 Å². The summed E-state index contributed by atoms with van der Waals surface area (Å²) in [7, 11) is -2.86. The smallest absolute Gasteiger partial charge is 0.164 e. The summed E-state index contributed by atoms with van der Waals surface area (Å²) in [5, 5.41) is 0. The van der Waals surface area contributed by atoms with Crippen LogP contribution in [0.2, 0.25) is 0 Å². The van der Waals surface area contributed by atoms with E-state index in [-0.39, 0.29) is 10.1 Å². The SMILES string of the molecule is CC1(Br)CCS(=O)(=O)C1Br. The molecular formula is C5H8Br2O2S. The molecule has 0 aromatic carbocycles. The predicted octanol–water partition coefficient (Wildman–Crippen LogP) is 1.68. The van der Waals surface area contributed by atoms with E-state index in [9.17, 15) is 8.42 Å². The summed E-state index contributed by atoms with van der Waals surface area (Å²) in [6, 6.07) is 0. The highest BCUT2D eigenvalue weighted by atomic mass is 79.9. The zero-order chi connectivity index (χ0) is 7.99. The van der Waals surface area contributed by atoms with E-state index in [2.05, 4.69) is 31.9 Å². The lowest BCUT2D eigenvalue weighted by atomic mass is 10.2. The first-order valence-electron chi connectivity index (χ1n) is 2.91. The highest BCUT2D eigenvalue weighted by Crippen LogP contribution is 2.41. The molecule has 0 N–H and O–H groups in total. The largest absolute Gasteiger partial charge is 0.228 e. The summed E-state index contributed by atoms with van der Waals surface area (Å²) in [4.78, 5) is 0. The Morgan fingerprint density at radius 2 is 2.10 bits per heavy atom. The van der Waals surface area contributed by atoms with E-state index in [1.165, 1.54) is 0 Å². The first-order valence-corrected chi connectivity index (χ1v) is 6.33. The minimum absolute atomic E-state index is 0.272. The van der Waals surface area contributed by atoms with Crippen molar-refractivity contribution < 1.29 is 8.42 Å². The predicted molar refractivity (Wildman–Crippen MR) is 48.5 cm³/mol. The molecule has 1 fully saturated rings. The van der Waals surface area contributed by atoms with Crippen molar-refractivity contribution in [2.24, 2.45) is 0 Å². The maximum Gasteiger partial charge on any atom is 0.164 e. The van der Waals surface area contributed by atoms with Gasteiger partial charge in [0.05, 0.1) is 10.1 Å². The van der Waals surface area contributed by atoms with Crippen LogP contribution in [0.25, 0.3) is 0 Å². The summed E-state index contributed by atoms with van der Waals surface area (Å²) in [5.74, 6) is 0.282. The molecule has 10 heavy (non-hydrogen) atoms. The van der Waals surface area contributed by atoms with Gasteiger partial charge in [-0.25, -0.2) is 8.42 Å². The van der Waals surface area contributed by atoms with Crippen LogP contribution in [0, 0.1) is 0 Å². The highest BCUT2D eigenvalue weighted by Gasteiger charge is 2.45. The molecule has 0 amide bonds. The average molecular weight is 292 g/mol. The van der Waals surface area contributed by atoms with Crippen molar-refractivity contribution in [2.75, 3.05) is 5.75 Å². The molecule has 2 unspecified atom stereocenters. The molecule has 5 heteroatoms. The van der Waals surface area contributed by atoms with E-state index in [1.807, 2.05) is 6.92 Å². The quantitative estimate of drug-likeness (QED) is 0.637. The molecule has 60 valence electrons. The van der Waals surface area contributed by atoms with Crippen LogP contribution in [-0.4, -0.2) is 22.7 Å². The molecule has 2 nitrogen and oxygen atoms in total. The van der Waals surface area contributed by atoms with Gasteiger partial charge in [-0.05, 0) is 13.3 Å². The maximum atomic E-state index is 11.1. The standard InChI is InChI=1S/C5H8Br2O2S/c1-5(7)2-3-10(8,9)4(5)6/h4H,2-3H2,1H3. The van der Waals surface area contributed by atoms with Gasteiger partial charge in [0.15, 0.2) is 9.84 Å². The Bertz CT molecular complexity index is 232. The van der Waals surface area contributed by atoms with Crippen LogP contribution >= 0.6 is 31.9 Å². The van der Waals surface area contributed by atoms with Crippen LogP contribution < -0.4 is 0 Å². The van der Waals surface area contributed by atoms with Crippen LogP contribution in [0.15, 0.2) is 0 Å². The number of halogens is 2. The zero-order valence-electron chi connectivity index (χ0n) is 5.47. The van der Waals surface area contributed by atoms with Crippen molar-refractivity contribution >= 4 is 41.7 Å². The third-order valence-electron chi connectivity index (χ3n) is 1.66. The first-order chi connectivity index (χ1) is 4.36. The second kappa shape index (κ2) is 2.45. The fourth-order valence-electron chi connectivity index (χ4n) is 0.933. The maximum absolute atomic E-state index is 11.1. The third-order valence-corrected chi connectivity index (χ3v) is 8.08. The summed E-state index contributed by atoms with van der Waals surface area (Å²) in [6.07, 6.45) is 0.686. The van der Waals surface area contributed by atoms with Gasteiger partial charge in [0.1, 0.15) is 4.16 Å². The lowest BCUT2D eigenvalue weighted by molar-refractivity contribution is 0.599. The molecule has 0 radical (unpaired) electrons. The molecule has 0 bridgehead atoms. The monoisotopic (exact) mass is 290 g/mol. The number of sulfone groups is 1. The van der Waals surface area contributed by atoms with E-state index in [0.717, 1.165) is 0 Å². The normalized spacial score (nSPS) is 45.7. The highest BCUT2D eigenvalue weighted by molar-refractivity contribution is 9.13. The first kappa shape index (κ1) is 9.00. The molecule has 1 rings (SSSR count). The fourth-order valence-corrected chi connectivity index (χ4v) is 4.82. The Hall–Kier alpha value is 0.910. The summed E-state index contributed by atoms with van der Waals surface area (Å²) < 4.78 is 21.5. The van der Waals surface area contributed by atoms with E-state index in [0.29, 0.717) is 6.42 Å². The van der Waals surface area contributed by atoms with Gasteiger partial charge in [-0.2, -0.15) is 0 Å². The van der Waals surface area contributed by atoms with Crippen molar-refractivity contribution in [3.05, 3.63) is 0 Å². The average Bonchev–Trinajstić information content (AvgIpc) is 1.95. The summed E-state index contributed by atoms with van der Waals surface area (Å²) in [6.45, 7) is 1.89. The Kier molecular flexibility index (Phi) is 2.21. The van der Waals surface area contributed by atoms with Gasteiger partial charge in [0, 0.05) is 0 Å². The van der Waals surface area contributed by atoms with Gasteiger partial charge in [-0.1, -0.05) is 31.9 Å². The molecule has 0 spiro atoms. The number of alkyl halides is 2. The second-order valence-electron chi connectivity index (χ2n) is 2.71. The molecule has 1 aliphatic rings. The Morgan fingerprint density at radius 1 is 1.60 bits per heavy atom. The van der Waals surface area contributed by atoms with Crippen LogP contribution in [-0.2, 0) is 9.84 Å². The van der Waals surface area contributed by atoms with E-state index >= 15 is 0 Å². The van der Waals surface area contributed by atoms with Crippen molar-refractivity contribution in [1.82, 2.24) is 0 Å². The Labute approximate surface area is 77.6 Å². The topological polar surface area (TPSA) is 34.1 Å². The van der Waals surface area contributed by atoms with Crippen molar-refractivity contribution in [3.63, 3.8) is 0 Å². The van der Waals surface area contributed by atoms with E-state index < -0.39 is 14.0 Å². The van der Waals surface area contributed by atoms with Gasteiger partial charge in [-0.15, -0.1) is 0 Å². The third kappa shape index (κ3) is 1.41. The molecule has 2 atom stereocenters. The van der Waals surface area contributed by atoms with Crippen LogP contribution in [0.3, 0.4) is 0 Å². The number of rotatable bonds is 0. The minimum atomic E-state index is -2.86. The second-order valence-corrected chi connectivity index (χ2v) is 8.25. The fraction of sp³-hybridized carbons (Fsp3) is 1.00. The molecule has 1 heterocycles. The Morgan fingerprint density at radius 3 is 2.20 bits per heavy atom. The Balaban J connectivity index is 2.99. The van der Waals surface area contributed by atoms with Crippen molar-refractivity contribution in [1.29, 1.82) is 0 Å². The molecule has 1 aliphatic heterocycles. The lowest BCUT2D eigenvalue weighted by Gasteiger charge is -2.16. The minimum Gasteiger partial charge on any atom is -0.228 e. The number of hydrogen-bond donors (Lipinski definition) is 0. The molecule has 0 saturated carbocycles. The van der Waals surface area contributed by atoms with Gasteiger partial charge in [-0.3, -0.25) is 0 Å². The van der Waals surface area contributed by atoms with E-state index in [1.54, 1.807) is 0 Å². The molecular weight excluding hydrogens is 284 g/mol. The van der Waals surface area contributed by atoms with Gasteiger partial charge < -0.3 is 0 Å². The van der Waals surface area contributed by atoms with Crippen LogP contribution in [0.4, 0.5) is 0 Å². The molecule has 0 aromatic rings. The van der Waals surface area contributed by atoms with Gasteiger partial charge in [0.25, 0.3) is 0 Å². The lowest BCUT2D eigenvalue weighted by Crippen LogP contribution is -2.25. The van der Waals surface area contributed by atoms with Gasteiger partial charge in [0.2, 0.25) is 0 Å². The van der Waals surface area contributed by atoms with Crippen molar-refractivity contribution in [3.8, 4) is 0 Å². The van der Waals surface area contributed by atoms with Gasteiger partial charge >= 0.3 is 0 Å². The van der Waals surface area contributed by atoms with Crippen molar-refractivity contribution in [2.45, 2.75) is 21.8 Å². The molecule has 0 aromatic heterocycles. The summed E-state index contributed by atoms with van der Waals surface area (Å²) in [5.41, 5.74) is 0. The number of hydrogen-bond acceptors (Lipinski definition) is 2. The summed E-state index contributed by atoms with van der Waals surface area (Å²) >= 11 is 6.50. The van der Waals surface area contributed by atoms with Crippen LogP contribution in [0.1, 0.15) is 13.3 Å². The zero-order valence-corrected chi connectivity index (χ0v) is 9.46. The molecule has 0 aliphatic carbocycles. The van der Waals surface area contributed by atoms with E-state index in [4.69, 9.17) is 0 Å².